The van der Waals surface area contributed by atoms with E-state index >= 15 is 0 Å². The van der Waals surface area contributed by atoms with Gasteiger partial charge in [0.25, 0.3) is 5.91 Å². The number of carbonyl (C=O) groups is 2. The van der Waals surface area contributed by atoms with Crippen molar-refractivity contribution in [2.45, 2.75) is 38.5 Å². The Morgan fingerprint density at radius 1 is 1.23 bits per heavy atom. The smallest absolute Gasteiger partial charge is 0.338 e. The normalized spacial score (nSPS) is 16.7. The van der Waals surface area contributed by atoms with Gasteiger partial charge in [-0.2, -0.15) is 0 Å². The van der Waals surface area contributed by atoms with E-state index in [1.807, 2.05) is 0 Å². The lowest BCUT2D eigenvalue weighted by Gasteiger charge is -2.21. The summed E-state index contributed by atoms with van der Waals surface area (Å²) < 4.78 is 29.8. The average Bonchev–Trinajstić information content (AvgIpc) is 3.25. The summed E-state index contributed by atoms with van der Waals surface area (Å²) in [7, 11) is 1.58. The van der Waals surface area contributed by atoms with Crippen molar-refractivity contribution in [3.05, 3.63) is 65.5 Å². The van der Waals surface area contributed by atoms with E-state index in [-0.39, 0.29) is 24.4 Å². The molecule has 1 fully saturated rings. The molecule has 160 valence electrons. The molecule has 0 N–H and O–H groups in total. The minimum Gasteiger partial charge on any atom is -0.491 e. The molecule has 1 aliphatic rings. The van der Waals surface area contributed by atoms with E-state index in [9.17, 15) is 14.0 Å². The van der Waals surface area contributed by atoms with Gasteiger partial charge in [0.1, 0.15) is 18.2 Å². The highest BCUT2D eigenvalue weighted by molar-refractivity contribution is 5.92. The number of rotatable bonds is 8. The van der Waals surface area contributed by atoms with Crippen LogP contribution in [-0.2, 0) is 20.8 Å². The zero-order valence-electron chi connectivity index (χ0n) is 17.2. The van der Waals surface area contributed by atoms with Crippen LogP contribution in [0.4, 0.5) is 4.39 Å². The summed E-state index contributed by atoms with van der Waals surface area (Å²) in [5.41, 5.74) is 0.981. The zero-order valence-corrected chi connectivity index (χ0v) is 17.2. The molecule has 1 saturated heterocycles. The van der Waals surface area contributed by atoms with E-state index in [0.717, 1.165) is 19.4 Å². The standard InChI is InChI=1S/C23H26FNO5/c1-16(22(26)25(2)14-17-5-3-6-19(24)13-17)30-23(27)18-8-10-20(11-9-18)29-15-21-7-4-12-28-21/h3,5-6,8-11,13,16,21H,4,7,12,14-15H2,1-2H3/t16-,21+/m1/s1. The summed E-state index contributed by atoms with van der Waals surface area (Å²) in [4.78, 5) is 26.2. The molecule has 0 unspecified atom stereocenters. The minimum absolute atomic E-state index is 0.117. The molecule has 7 heteroatoms. The quantitative estimate of drug-likeness (QED) is 0.617. The maximum Gasteiger partial charge on any atom is 0.338 e. The van der Waals surface area contributed by atoms with Crippen molar-refractivity contribution < 1.29 is 28.2 Å². The van der Waals surface area contributed by atoms with E-state index in [0.29, 0.717) is 23.5 Å². The van der Waals surface area contributed by atoms with E-state index < -0.39 is 12.1 Å². The van der Waals surface area contributed by atoms with Gasteiger partial charge in [-0.25, -0.2) is 9.18 Å². The number of hydrogen-bond donors (Lipinski definition) is 0. The third kappa shape index (κ3) is 6.03. The maximum atomic E-state index is 13.3. The minimum atomic E-state index is -0.966. The Labute approximate surface area is 175 Å². The number of hydrogen-bond acceptors (Lipinski definition) is 5. The van der Waals surface area contributed by atoms with E-state index in [2.05, 4.69) is 0 Å². The van der Waals surface area contributed by atoms with Gasteiger partial charge >= 0.3 is 5.97 Å². The number of carbonyl (C=O) groups excluding carboxylic acids is 2. The van der Waals surface area contributed by atoms with Crippen molar-refractivity contribution in [2.24, 2.45) is 0 Å². The third-order valence-electron chi connectivity index (χ3n) is 4.87. The number of likely N-dealkylation sites (N-methyl/N-ethyl adjacent to an activating group) is 1. The molecule has 3 rings (SSSR count). The molecule has 0 radical (unpaired) electrons. The summed E-state index contributed by atoms with van der Waals surface area (Å²) in [6, 6.07) is 12.6. The van der Waals surface area contributed by atoms with Crippen molar-refractivity contribution >= 4 is 11.9 Å². The van der Waals surface area contributed by atoms with Gasteiger partial charge in [0.15, 0.2) is 6.10 Å². The highest BCUT2D eigenvalue weighted by Gasteiger charge is 2.22. The van der Waals surface area contributed by atoms with Gasteiger partial charge in [0.05, 0.1) is 11.7 Å². The second-order valence-electron chi connectivity index (χ2n) is 7.34. The van der Waals surface area contributed by atoms with Crippen molar-refractivity contribution in [3.63, 3.8) is 0 Å². The SMILES string of the molecule is C[C@@H](OC(=O)c1ccc(OC[C@@H]2CCCO2)cc1)C(=O)N(C)Cc1cccc(F)c1. The monoisotopic (exact) mass is 415 g/mol. The summed E-state index contributed by atoms with van der Waals surface area (Å²) in [6.07, 6.45) is 1.19. The van der Waals surface area contributed by atoms with Crippen LogP contribution in [0, 0.1) is 5.82 Å². The lowest BCUT2D eigenvalue weighted by atomic mass is 10.2. The van der Waals surface area contributed by atoms with E-state index in [4.69, 9.17) is 14.2 Å². The number of esters is 1. The molecule has 1 heterocycles. The Hall–Kier alpha value is -2.93. The molecule has 0 aliphatic carbocycles. The first-order valence-electron chi connectivity index (χ1n) is 9.97. The van der Waals surface area contributed by atoms with Crippen LogP contribution in [0.15, 0.2) is 48.5 Å². The Bertz CT molecular complexity index is 864. The predicted molar refractivity (Wildman–Crippen MR) is 109 cm³/mol. The Kier molecular flexibility index (Phi) is 7.41. The van der Waals surface area contributed by atoms with E-state index in [1.165, 1.54) is 24.0 Å². The van der Waals surface area contributed by atoms with Crippen LogP contribution in [0.3, 0.4) is 0 Å². The van der Waals surface area contributed by atoms with Crippen molar-refractivity contribution in [1.29, 1.82) is 0 Å². The highest BCUT2D eigenvalue weighted by atomic mass is 19.1. The molecular formula is C23H26FNO5. The van der Waals surface area contributed by atoms with Crippen LogP contribution in [-0.4, -0.2) is 49.2 Å². The molecule has 0 saturated carbocycles. The van der Waals surface area contributed by atoms with Gasteiger partial charge < -0.3 is 19.1 Å². The number of ether oxygens (including phenoxy) is 3. The fourth-order valence-corrected chi connectivity index (χ4v) is 3.23. The lowest BCUT2D eigenvalue weighted by molar-refractivity contribution is -0.139. The number of halogens is 1. The fraction of sp³-hybridized carbons (Fsp3) is 0.391. The van der Waals surface area contributed by atoms with Gasteiger partial charge in [0, 0.05) is 20.2 Å². The van der Waals surface area contributed by atoms with E-state index in [1.54, 1.807) is 43.4 Å². The molecule has 0 aromatic heterocycles. The summed E-state index contributed by atoms with van der Waals surface area (Å²) >= 11 is 0. The Balaban J connectivity index is 1.49. The molecule has 6 nitrogen and oxygen atoms in total. The Morgan fingerprint density at radius 3 is 2.67 bits per heavy atom. The molecule has 2 atom stereocenters. The second kappa shape index (κ2) is 10.2. The topological polar surface area (TPSA) is 65.1 Å². The third-order valence-corrected chi connectivity index (χ3v) is 4.87. The largest absolute Gasteiger partial charge is 0.491 e. The van der Waals surface area contributed by atoms with Crippen LogP contribution < -0.4 is 4.74 Å². The summed E-state index contributed by atoms with van der Waals surface area (Å²) in [5, 5.41) is 0. The lowest BCUT2D eigenvalue weighted by Crippen LogP contribution is -2.37. The van der Waals surface area contributed by atoms with Crippen molar-refractivity contribution in [3.8, 4) is 5.75 Å². The van der Waals surface area contributed by atoms with Gasteiger partial charge in [-0.15, -0.1) is 0 Å². The van der Waals surface area contributed by atoms with Crippen LogP contribution in [0.25, 0.3) is 0 Å². The molecule has 2 aromatic rings. The molecule has 1 amide bonds. The molecule has 0 bridgehead atoms. The van der Waals surface area contributed by atoms with Crippen LogP contribution in [0.5, 0.6) is 5.75 Å². The maximum absolute atomic E-state index is 13.3. The highest BCUT2D eigenvalue weighted by Crippen LogP contribution is 2.17. The number of benzene rings is 2. The summed E-state index contributed by atoms with van der Waals surface area (Å²) in [5.74, 6) is -0.693. The first kappa shape index (κ1) is 21.8. The fourth-order valence-electron chi connectivity index (χ4n) is 3.23. The molecule has 0 spiro atoms. The van der Waals surface area contributed by atoms with Gasteiger partial charge in [-0.1, -0.05) is 12.1 Å². The van der Waals surface area contributed by atoms with Crippen LogP contribution in [0.2, 0.25) is 0 Å². The van der Waals surface area contributed by atoms with Crippen LogP contribution in [0.1, 0.15) is 35.7 Å². The molecule has 2 aromatic carbocycles. The van der Waals surface area contributed by atoms with Gasteiger partial charge in [-0.3, -0.25) is 4.79 Å². The van der Waals surface area contributed by atoms with Gasteiger partial charge in [-0.05, 0) is 61.7 Å². The van der Waals surface area contributed by atoms with Crippen molar-refractivity contribution in [1.82, 2.24) is 4.90 Å². The first-order valence-corrected chi connectivity index (χ1v) is 9.97. The Morgan fingerprint density at radius 2 is 2.00 bits per heavy atom. The summed E-state index contributed by atoms with van der Waals surface area (Å²) in [6.45, 7) is 2.98. The predicted octanol–water partition coefficient (Wildman–Crippen LogP) is 3.59. The van der Waals surface area contributed by atoms with Gasteiger partial charge in [0.2, 0.25) is 0 Å². The van der Waals surface area contributed by atoms with Crippen molar-refractivity contribution in [2.75, 3.05) is 20.3 Å². The second-order valence-corrected chi connectivity index (χ2v) is 7.34. The number of amides is 1. The number of nitrogens with zero attached hydrogens (tertiary/aromatic N) is 1. The molecule has 30 heavy (non-hydrogen) atoms. The first-order chi connectivity index (χ1) is 14.4. The van der Waals surface area contributed by atoms with Crippen LogP contribution >= 0.6 is 0 Å². The molecule has 1 aliphatic heterocycles. The average molecular weight is 415 g/mol. The zero-order chi connectivity index (χ0) is 21.5. The molecular weight excluding hydrogens is 389 g/mol.